The zero-order valence-corrected chi connectivity index (χ0v) is 13.1. The van der Waals surface area contributed by atoms with Crippen LogP contribution in [-0.4, -0.2) is 37.8 Å². The first-order chi connectivity index (χ1) is 8.84. The van der Waals surface area contributed by atoms with E-state index in [0.29, 0.717) is 23.1 Å². The van der Waals surface area contributed by atoms with Crippen molar-refractivity contribution in [1.82, 2.24) is 9.62 Å². The Balaban J connectivity index is 2.47. The van der Waals surface area contributed by atoms with Gasteiger partial charge in [0.2, 0.25) is 15.9 Å². The van der Waals surface area contributed by atoms with Gasteiger partial charge in [0, 0.05) is 17.6 Å². The highest BCUT2D eigenvalue weighted by molar-refractivity contribution is 9.10. The molecule has 0 aliphatic carbocycles. The molecule has 19 heavy (non-hydrogen) atoms. The van der Waals surface area contributed by atoms with Crippen molar-refractivity contribution in [2.75, 3.05) is 13.1 Å². The van der Waals surface area contributed by atoms with Crippen LogP contribution in [0.1, 0.15) is 12.5 Å². The van der Waals surface area contributed by atoms with Gasteiger partial charge >= 0.3 is 0 Å². The molecule has 0 bridgehead atoms. The van der Waals surface area contributed by atoms with Crippen molar-refractivity contribution in [3.8, 4) is 0 Å². The van der Waals surface area contributed by atoms with Gasteiger partial charge in [0.25, 0.3) is 0 Å². The summed E-state index contributed by atoms with van der Waals surface area (Å²) in [5.41, 5.74) is 0.668. The SMILES string of the molecule is Cc1ccc(Br)cc1S(=O)(=O)N1CCNC(=O)C1C. The minimum absolute atomic E-state index is 0.239. The minimum Gasteiger partial charge on any atom is -0.353 e. The van der Waals surface area contributed by atoms with E-state index >= 15 is 0 Å². The molecule has 0 saturated carbocycles. The van der Waals surface area contributed by atoms with Crippen molar-refractivity contribution >= 4 is 31.9 Å². The van der Waals surface area contributed by atoms with Gasteiger partial charge in [0.05, 0.1) is 4.90 Å². The highest BCUT2D eigenvalue weighted by Gasteiger charge is 2.36. The van der Waals surface area contributed by atoms with E-state index in [1.54, 1.807) is 32.0 Å². The molecule has 0 aromatic heterocycles. The zero-order valence-electron chi connectivity index (χ0n) is 10.7. The number of halogens is 1. The number of piperazine rings is 1. The van der Waals surface area contributed by atoms with Gasteiger partial charge in [0.15, 0.2) is 0 Å². The fraction of sp³-hybridized carbons (Fsp3) is 0.417. The smallest absolute Gasteiger partial charge is 0.244 e. The van der Waals surface area contributed by atoms with Crippen molar-refractivity contribution in [2.24, 2.45) is 0 Å². The predicted molar refractivity (Wildman–Crippen MR) is 75.2 cm³/mol. The Morgan fingerprint density at radius 3 is 2.79 bits per heavy atom. The van der Waals surface area contributed by atoms with Crippen molar-refractivity contribution in [2.45, 2.75) is 24.8 Å². The first-order valence-electron chi connectivity index (χ1n) is 5.90. The maximum Gasteiger partial charge on any atom is 0.244 e. The molecule has 2 rings (SSSR count). The van der Waals surface area contributed by atoms with Gasteiger partial charge < -0.3 is 5.32 Å². The van der Waals surface area contributed by atoms with E-state index in [-0.39, 0.29) is 10.8 Å². The molecule has 1 aliphatic heterocycles. The lowest BCUT2D eigenvalue weighted by Gasteiger charge is -2.32. The molecule has 1 aromatic carbocycles. The maximum absolute atomic E-state index is 12.6. The van der Waals surface area contributed by atoms with Crippen LogP contribution in [0.2, 0.25) is 0 Å². The summed E-state index contributed by atoms with van der Waals surface area (Å²) in [5.74, 6) is -0.262. The van der Waals surface area contributed by atoms with Crippen LogP contribution in [0.25, 0.3) is 0 Å². The van der Waals surface area contributed by atoms with E-state index < -0.39 is 16.1 Å². The van der Waals surface area contributed by atoms with Gasteiger partial charge in [0.1, 0.15) is 6.04 Å². The fourth-order valence-corrected chi connectivity index (χ4v) is 4.43. The summed E-state index contributed by atoms with van der Waals surface area (Å²) in [7, 11) is -3.65. The van der Waals surface area contributed by atoms with Gasteiger partial charge in [-0.15, -0.1) is 0 Å². The van der Waals surface area contributed by atoms with Crippen LogP contribution in [0.4, 0.5) is 0 Å². The second-order valence-corrected chi connectivity index (χ2v) is 7.27. The van der Waals surface area contributed by atoms with Crippen molar-refractivity contribution in [3.63, 3.8) is 0 Å². The van der Waals surface area contributed by atoms with Crippen LogP contribution in [0, 0.1) is 6.92 Å². The number of nitrogens with one attached hydrogen (secondary N) is 1. The molecule has 0 spiro atoms. The quantitative estimate of drug-likeness (QED) is 0.876. The average molecular weight is 347 g/mol. The molecule has 1 amide bonds. The number of nitrogens with zero attached hydrogens (tertiary/aromatic N) is 1. The predicted octanol–water partition coefficient (Wildman–Crippen LogP) is 1.27. The number of benzene rings is 1. The van der Waals surface area contributed by atoms with Crippen LogP contribution in [0.5, 0.6) is 0 Å². The van der Waals surface area contributed by atoms with E-state index in [2.05, 4.69) is 21.2 Å². The Bertz CT molecular complexity index is 615. The van der Waals surface area contributed by atoms with Crippen LogP contribution >= 0.6 is 15.9 Å². The monoisotopic (exact) mass is 346 g/mol. The molecule has 5 nitrogen and oxygen atoms in total. The first kappa shape index (κ1) is 14.5. The molecule has 0 radical (unpaired) electrons. The minimum atomic E-state index is -3.65. The molecule has 7 heteroatoms. The highest BCUT2D eigenvalue weighted by Crippen LogP contribution is 2.25. The number of aryl methyl sites for hydroxylation is 1. The van der Waals surface area contributed by atoms with Crippen molar-refractivity contribution < 1.29 is 13.2 Å². The van der Waals surface area contributed by atoms with Crippen molar-refractivity contribution in [1.29, 1.82) is 0 Å². The van der Waals surface area contributed by atoms with Crippen LogP contribution < -0.4 is 5.32 Å². The van der Waals surface area contributed by atoms with Gasteiger partial charge in [-0.25, -0.2) is 8.42 Å². The first-order valence-corrected chi connectivity index (χ1v) is 8.13. The summed E-state index contributed by atoms with van der Waals surface area (Å²) in [6, 6.07) is 4.42. The van der Waals surface area contributed by atoms with Gasteiger partial charge in [-0.3, -0.25) is 4.79 Å². The number of carbonyl (C=O) groups is 1. The Hall–Kier alpha value is -0.920. The molecular formula is C12H15BrN2O3S. The molecule has 104 valence electrons. The molecule has 1 atom stereocenters. The van der Waals surface area contributed by atoms with E-state index in [1.165, 1.54) is 4.31 Å². The highest BCUT2D eigenvalue weighted by atomic mass is 79.9. The number of rotatable bonds is 2. The third kappa shape index (κ3) is 2.68. The summed E-state index contributed by atoms with van der Waals surface area (Å²) < 4.78 is 27.2. The average Bonchev–Trinajstić information content (AvgIpc) is 2.35. The summed E-state index contributed by atoms with van der Waals surface area (Å²) in [6.45, 7) is 3.98. The molecule has 1 N–H and O–H groups in total. The zero-order chi connectivity index (χ0) is 14.2. The van der Waals surface area contributed by atoms with E-state index in [0.717, 1.165) is 0 Å². The molecular weight excluding hydrogens is 332 g/mol. The molecule has 1 aliphatic rings. The van der Waals surface area contributed by atoms with Crippen LogP contribution in [-0.2, 0) is 14.8 Å². The molecule has 1 unspecified atom stereocenters. The molecule has 1 heterocycles. The second-order valence-electron chi connectivity index (χ2n) is 4.49. The Kier molecular flexibility index (Phi) is 3.98. The van der Waals surface area contributed by atoms with Gasteiger partial charge in [-0.1, -0.05) is 22.0 Å². The Labute approximate surface area is 121 Å². The van der Waals surface area contributed by atoms with E-state index in [1.807, 2.05) is 0 Å². The normalized spacial score (nSPS) is 21.2. The number of hydrogen-bond donors (Lipinski definition) is 1. The summed E-state index contributed by atoms with van der Waals surface area (Å²) in [5, 5.41) is 2.66. The lowest BCUT2D eigenvalue weighted by molar-refractivity contribution is -0.126. The topological polar surface area (TPSA) is 66.5 Å². The lowest BCUT2D eigenvalue weighted by atomic mass is 10.2. The number of amides is 1. The Morgan fingerprint density at radius 2 is 2.11 bits per heavy atom. The second kappa shape index (κ2) is 5.22. The largest absolute Gasteiger partial charge is 0.353 e. The van der Waals surface area contributed by atoms with E-state index in [4.69, 9.17) is 0 Å². The van der Waals surface area contributed by atoms with Gasteiger partial charge in [-0.05, 0) is 31.5 Å². The third-order valence-electron chi connectivity index (χ3n) is 3.18. The van der Waals surface area contributed by atoms with Gasteiger partial charge in [-0.2, -0.15) is 4.31 Å². The van der Waals surface area contributed by atoms with Crippen molar-refractivity contribution in [3.05, 3.63) is 28.2 Å². The molecule has 1 saturated heterocycles. The molecule has 1 fully saturated rings. The summed E-state index contributed by atoms with van der Waals surface area (Å²) >= 11 is 3.28. The van der Waals surface area contributed by atoms with Crippen LogP contribution in [0.3, 0.4) is 0 Å². The van der Waals surface area contributed by atoms with Crippen LogP contribution in [0.15, 0.2) is 27.6 Å². The molecule has 1 aromatic rings. The maximum atomic E-state index is 12.6. The number of hydrogen-bond acceptors (Lipinski definition) is 3. The van der Waals surface area contributed by atoms with E-state index in [9.17, 15) is 13.2 Å². The summed E-state index contributed by atoms with van der Waals surface area (Å²) in [6.07, 6.45) is 0. The number of sulfonamides is 1. The third-order valence-corrected chi connectivity index (χ3v) is 5.78. The number of carbonyl (C=O) groups excluding carboxylic acids is 1. The Morgan fingerprint density at radius 1 is 1.42 bits per heavy atom. The standard InChI is InChI=1S/C12H15BrN2O3S/c1-8-3-4-10(13)7-11(8)19(17,18)15-6-5-14-12(16)9(15)2/h3-4,7,9H,5-6H2,1-2H3,(H,14,16). The fourth-order valence-electron chi connectivity index (χ4n) is 2.07. The lowest BCUT2D eigenvalue weighted by Crippen LogP contribution is -2.55. The summed E-state index contributed by atoms with van der Waals surface area (Å²) in [4.78, 5) is 11.8.